The number of halogens is 6. The molecule has 0 aliphatic heterocycles. The summed E-state index contributed by atoms with van der Waals surface area (Å²) in [6.07, 6.45) is -9.29. The summed E-state index contributed by atoms with van der Waals surface area (Å²) in [6.45, 7) is 0.701. The third kappa shape index (κ3) is 6.09. The molecule has 2 aromatic carbocycles. The highest BCUT2D eigenvalue weighted by molar-refractivity contribution is 7.80. The monoisotopic (exact) mass is 457 g/mol. The molecule has 1 atom stereocenters. The molecule has 11 heteroatoms. The quantitative estimate of drug-likeness (QED) is 0.493. The van der Waals surface area contributed by atoms with Gasteiger partial charge in [0.05, 0.1) is 28.8 Å². The number of nitrogens with one attached hydrogen (secondary N) is 1. The molecule has 0 aromatic heterocycles. The van der Waals surface area contributed by atoms with Crippen molar-refractivity contribution in [2.45, 2.75) is 24.8 Å². The summed E-state index contributed by atoms with van der Waals surface area (Å²) in [5.41, 5.74) is -3.54. The van der Waals surface area contributed by atoms with Crippen LogP contribution >= 0.6 is 12.2 Å². The smallest absolute Gasteiger partial charge is 0.419 e. The number of ether oxygens (including phenoxy) is 1. The van der Waals surface area contributed by atoms with E-state index in [1.54, 1.807) is 6.07 Å². The highest BCUT2D eigenvalue weighted by atomic mass is 32.1. The van der Waals surface area contributed by atoms with E-state index < -0.39 is 41.4 Å². The topological polar surface area (TPSA) is 68.8 Å². The van der Waals surface area contributed by atoms with Crippen molar-refractivity contribution >= 4 is 17.2 Å². The SMILES string of the molecule is CC(C#N)(COc1cc(C#N)ccc1C(F)(F)F)NC(=S)c1ccc(C(F)(F)F)cc1. The van der Waals surface area contributed by atoms with Crippen molar-refractivity contribution in [3.63, 3.8) is 0 Å². The molecule has 0 bridgehead atoms. The van der Waals surface area contributed by atoms with Crippen LogP contribution in [0.3, 0.4) is 0 Å². The lowest BCUT2D eigenvalue weighted by atomic mass is 10.0. The molecule has 1 unspecified atom stereocenters. The van der Waals surface area contributed by atoms with E-state index in [2.05, 4.69) is 5.32 Å². The van der Waals surface area contributed by atoms with Crippen LogP contribution in [0, 0.1) is 22.7 Å². The van der Waals surface area contributed by atoms with Crippen molar-refractivity contribution in [1.29, 1.82) is 10.5 Å². The zero-order valence-corrected chi connectivity index (χ0v) is 16.5. The molecule has 0 fully saturated rings. The van der Waals surface area contributed by atoms with Crippen molar-refractivity contribution in [2.24, 2.45) is 0 Å². The summed E-state index contributed by atoms with van der Waals surface area (Å²) in [7, 11) is 0. The highest BCUT2D eigenvalue weighted by Gasteiger charge is 2.36. The molecular weight excluding hydrogens is 444 g/mol. The van der Waals surface area contributed by atoms with Crippen molar-refractivity contribution < 1.29 is 31.1 Å². The van der Waals surface area contributed by atoms with Gasteiger partial charge in [0.25, 0.3) is 0 Å². The van der Waals surface area contributed by atoms with Gasteiger partial charge in [-0.15, -0.1) is 0 Å². The Kier molecular flexibility index (Phi) is 6.82. The predicted molar refractivity (Wildman–Crippen MR) is 102 cm³/mol. The molecule has 0 spiro atoms. The van der Waals surface area contributed by atoms with Crippen LogP contribution in [0.25, 0.3) is 0 Å². The molecule has 2 rings (SSSR count). The number of hydrogen-bond donors (Lipinski definition) is 1. The number of thiocarbonyl (C=S) groups is 1. The Labute approximate surface area is 178 Å². The van der Waals surface area contributed by atoms with E-state index in [4.69, 9.17) is 22.2 Å². The molecule has 0 heterocycles. The average Bonchev–Trinajstić information content (AvgIpc) is 2.70. The first-order valence-corrected chi connectivity index (χ1v) is 8.85. The van der Waals surface area contributed by atoms with Crippen molar-refractivity contribution in [2.75, 3.05) is 6.61 Å². The Bertz CT molecular complexity index is 1050. The predicted octanol–water partition coefficient (Wildman–Crippen LogP) is 5.22. The van der Waals surface area contributed by atoms with Crippen LogP contribution in [0.1, 0.15) is 29.2 Å². The van der Waals surface area contributed by atoms with E-state index >= 15 is 0 Å². The second kappa shape index (κ2) is 8.82. The largest absolute Gasteiger partial charge is 0.489 e. The lowest BCUT2D eigenvalue weighted by molar-refractivity contribution is -0.139. The minimum absolute atomic E-state index is 0.0742. The second-order valence-corrected chi connectivity index (χ2v) is 6.99. The summed E-state index contributed by atoms with van der Waals surface area (Å²) < 4.78 is 82.8. The highest BCUT2D eigenvalue weighted by Crippen LogP contribution is 2.37. The molecular formula is C20H13F6N3OS. The maximum absolute atomic E-state index is 13.2. The number of benzene rings is 2. The van der Waals surface area contributed by atoms with E-state index in [-0.39, 0.29) is 16.1 Å². The van der Waals surface area contributed by atoms with Gasteiger partial charge < -0.3 is 10.1 Å². The van der Waals surface area contributed by atoms with Crippen LogP contribution in [0.4, 0.5) is 26.3 Å². The standard InChI is InChI=1S/C20H13F6N3OS/c1-18(10-28,29-17(31)13-3-5-14(6-4-13)19(21,22)23)11-30-16-8-12(9-27)2-7-15(16)20(24,25)26/h2-8H,11H2,1H3,(H,29,31). The summed E-state index contributed by atoms with van der Waals surface area (Å²) in [5, 5.41) is 21.0. The molecule has 0 saturated heterocycles. The van der Waals surface area contributed by atoms with E-state index in [1.807, 2.05) is 6.07 Å². The minimum Gasteiger partial charge on any atom is -0.489 e. The number of nitrogens with zero attached hydrogens (tertiary/aromatic N) is 2. The summed E-state index contributed by atoms with van der Waals surface area (Å²) in [6, 6.07) is 9.93. The zero-order valence-electron chi connectivity index (χ0n) is 15.7. The fourth-order valence-corrected chi connectivity index (χ4v) is 2.76. The van der Waals surface area contributed by atoms with Gasteiger partial charge in [-0.05, 0) is 37.3 Å². The number of nitriles is 2. The molecule has 2 aromatic rings. The lowest BCUT2D eigenvalue weighted by Gasteiger charge is -2.26. The van der Waals surface area contributed by atoms with Crippen LogP contribution in [-0.4, -0.2) is 17.1 Å². The summed E-state index contributed by atoms with van der Waals surface area (Å²) in [5.74, 6) is -0.643. The fourth-order valence-electron chi connectivity index (χ4n) is 2.40. The first-order valence-electron chi connectivity index (χ1n) is 8.44. The molecule has 4 nitrogen and oxygen atoms in total. The van der Waals surface area contributed by atoms with Crippen molar-refractivity contribution in [3.8, 4) is 17.9 Å². The molecule has 162 valence electrons. The third-order valence-corrected chi connectivity index (χ3v) is 4.38. The lowest BCUT2D eigenvalue weighted by Crippen LogP contribution is -2.49. The zero-order chi connectivity index (χ0) is 23.4. The third-order valence-electron chi connectivity index (χ3n) is 4.04. The fraction of sp³-hybridized carbons (Fsp3) is 0.250. The van der Waals surface area contributed by atoms with Gasteiger partial charge >= 0.3 is 12.4 Å². The first kappa shape index (κ1) is 24.0. The van der Waals surface area contributed by atoms with Crippen LogP contribution in [0.2, 0.25) is 0 Å². The van der Waals surface area contributed by atoms with Gasteiger partial charge in [0.1, 0.15) is 17.3 Å². The van der Waals surface area contributed by atoms with E-state index in [9.17, 15) is 31.6 Å². The number of rotatable bonds is 5. The summed E-state index contributed by atoms with van der Waals surface area (Å²) >= 11 is 5.11. The first-order chi connectivity index (χ1) is 14.3. The second-order valence-electron chi connectivity index (χ2n) is 6.58. The van der Waals surface area contributed by atoms with Gasteiger partial charge in [0.2, 0.25) is 0 Å². The Morgan fingerprint density at radius 3 is 2.10 bits per heavy atom. The van der Waals surface area contributed by atoms with Crippen molar-refractivity contribution in [1.82, 2.24) is 5.32 Å². The van der Waals surface area contributed by atoms with Crippen LogP contribution < -0.4 is 10.1 Å². The Hall–Kier alpha value is -3.31. The van der Waals surface area contributed by atoms with Gasteiger partial charge in [0, 0.05) is 5.56 Å². The maximum atomic E-state index is 13.2. The van der Waals surface area contributed by atoms with Gasteiger partial charge in [-0.2, -0.15) is 36.9 Å². The van der Waals surface area contributed by atoms with E-state index in [1.165, 1.54) is 6.92 Å². The minimum atomic E-state index is -4.75. The maximum Gasteiger partial charge on any atom is 0.419 e. The normalized spacial score (nSPS) is 13.5. The molecule has 1 N–H and O–H groups in total. The average molecular weight is 457 g/mol. The molecule has 0 amide bonds. The number of alkyl halides is 6. The van der Waals surface area contributed by atoms with E-state index in [0.29, 0.717) is 6.07 Å². The Morgan fingerprint density at radius 2 is 1.61 bits per heavy atom. The van der Waals surface area contributed by atoms with Crippen LogP contribution in [0.5, 0.6) is 5.75 Å². The van der Waals surface area contributed by atoms with E-state index in [0.717, 1.165) is 36.4 Å². The Balaban J connectivity index is 2.20. The van der Waals surface area contributed by atoms with Gasteiger partial charge in [-0.1, -0.05) is 24.4 Å². The molecule has 31 heavy (non-hydrogen) atoms. The number of hydrogen-bond acceptors (Lipinski definition) is 4. The molecule has 0 aliphatic carbocycles. The van der Waals surface area contributed by atoms with Gasteiger partial charge in [-0.3, -0.25) is 0 Å². The Morgan fingerprint density at radius 1 is 1.00 bits per heavy atom. The molecule has 0 radical (unpaired) electrons. The van der Waals surface area contributed by atoms with Crippen molar-refractivity contribution in [3.05, 3.63) is 64.7 Å². The van der Waals surface area contributed by atoms with Gasteiger partial charge in [0.15, 0.2) is 5.54 Å². The van der Waals surface area contributed by atoms with Crippen LogP contribution in [-0.2, 0) is 12.4 Å². The summed E-state index contributed by atoms with van der Waals surface area (Å²) in [4.78, 5) is -0.0943. The molecule has 0 aliphatic rings. The molecule has 0 saturated carbocycles. The van der Waals surface area contributed by atoms with Crippen LogP contribution in [0.15, 0.2) is 42.5 Å². The van der Waals surface area contributed by atoms with Gasteiger partial charge in [-0.25, -0.2) is 0 Å².